The van der Waals surface area contributed by atoms with Crippen LogP contribution < -0.4 is 21.7 Å². The minimum Gasteiger partial charge on any atom is -0.508 e. The second-order valence-electron chi connectivity index (χ2n) is 11.0. The number of aromatic amines is 1. The normalized spacial score (nSPS) is 13.5. The van der Waals surface area contributed by atoms with E-state index >= 15 is 0 Å². The van der Waals surface area contributed by atoms with E-state index in [9.17, 15) is 39.6 Å². The number of aliphatic carboxylic acids is 1. The molecule has 3 amide bonds. The average Bonchev–Trinajstić information content (AvgIpc) is 3.56. The highest BCUT2D eigenvalue weighted by molar-refractivity contribution is 5.94. The summed E-state index contributed by atoms with van der Waals surface area (Å²) in [7, 11) is 0. The zero-order chi connectivity index (χ0) is 33.9. The monoisotopic (exact) mass is 644 g/mol. The van der Waals surface area contributed by atoms with Crippen LogP contribution in [-0.2, 0) is 44.9 Å². The van der Waals surface area contributed by atoms with E-state index in [0.29, 0.717) is 22.4 Å². The molecule has 1 aromatic heterocycles. The smallest absolute Gasteiger partial charge is 0.326 e. The molecule has 4 atom stereocenters. The lowest BCUT2D eigenvalue weighted by atomic mass is 10.0. The van der Waals surface area contributed by atoms with Crippen molar-refractivity contribution in [1.29, 1.82) is 0 Å². The summed E-state index contributed by atoms with van der Waals surface area (Å²) >= 11 is 0. The maximum absolute atomic E-state index is 13.8. The van der Waals surface area contributed by atoms with Gasteiger partial charge >= 0.3 is 5.97 Å². The maximum Gasteiger partial charge on any atom is 0.326 e. The number of rotatable bonds is 15. The molecule has 14 heteroatoms. The van der Waals surface area contributed by atoms with E-state index in [1.807, 2.05) is 0 Å². The summed E-state index contributed by atoms with van der Waals surface area (Å²) in [5.74, 6) is -3.43. The molecule has 0 saturated carbocycles. The van der Waals surface area contributed by atoms with Crippen molar-refractivity contribution in [2.45, 2.75) is 49.9 Å². The molecule has 4 aromatic rings. The molecule has 0 bridgehead atoms. The van der Waals surface area contributed by atoms with Gasteiger partial charge in [-0.15, -0.1) is 0 Å². The number of phenols is 3. The number of carbonyl (C=O) groups is 4. The second kappa shape index (κ2) is 15.9. The largest absolute Gasteiger partial charge is 0.508 e. The highest BCUT2D eigenvalue weighted by Gasteiger charge is 2.31. The molecule has 246 valence electrons. The first-order valence-electron chi connectivity index (χ1n) is 14.7. The van der Waals surface area contributed by atoms with Gasteiger partial charge in [0.2, 0.25) is 17.7 Å². The number of H-pyrrole nitrogens is 1. The first-order chi connectivity index (χ1) is 22.5. The molecule has 0 aliphatic rings. The SMILES string of the molecule is N[C@@H](Cc1ccc(O)cc1)C(=O)N[C@@H](Cc1ccc(O)cc1)C(=O)N[C@@H](Cc1cnc[nH]1)C(=O)N[C@@H](Cc1ccc(O)cc1)C(=O)O. The number of benzene rings is 3. The number of phenolic OH excluding ortho intramolecular Hbond substituents is 3. The summed E-state index contributed by atoms with van der Waals surface area (Å²) in [6, 6.07) is 13.1. The van der Waals surface area contributed by atoms with Crippen molar-refractivity contribution < 1.29 is 39.6 Å². The number of aromatic nitrogens is 2. The molecule has 10 N–H and O–H groups in total. The molecule has 47 heavy (non-hydrogen) atoms. The van der Waals surface area contributed by atoms with Crippen LogP contribution >= 0.6 is 0 Å². The molecule has 0 radical (unpaired) electrons. The summed E-state index contributed by atoms with van der Waals surface area (Å²) < 4.78 is 0. The molecule has 1 heterocycles. The van der Waals surface area contributed by atoms with Gasteiger partial charge in [-0.2, -0.15) is 0 Å². The Labute approximate surface area is 269 Å². The zero-order valence-electron chi connectivity index (χ0n) is 25.2. The predicted octanol–water partition coefficient (Wildman–Crippen LogP) is 0.663. The standard InChI is InChI=1S/C33H36N6O8/c34-26(13-19-1-7-23(40)8-2-19)30(43)37-27(14-20-3-9-24(41)10-4-20)31(44)38-28(16-22-17-35-18-36-22)32(45)39-29(33(46)47)15-21-5-11-25(42)12-6-21/h1-12,17-18,26-29,40-42H,13-16,34H2,(H,35,36)(H,37,43)(H,38,44)(H,39,45)(H,46,47)/t26-,27-,28-,29-/m0/s1. The average molecular weight is 645 g/mol. The van der Waals surface area contributed by atoms with Gasteiger partial charge in [-0.05, 0) is 59.5 Å². The topological polar surface area (TPSA) is 240 Å². The zero-order valence-corrected chi connectivity index (χ0v) is 25.2. The molecule has 0 aliphatic carbocycles. The summed E-state index contributed by atoms with van der Waals surface area (Å²) in [6.45, 7) is 0. The number of carboxylic acid groups (broad SMARTS) is 1. The summed E-state index contributed by atoms with van der Waals surface area (Å²) in [6.07, 6.45) is 2.76. The van der Waals surface area contributed by atoms with Crippen molar-refractivity contribution in [2.24, 2.45) is 5.73 Å². The van der Waals surface area contributed by atoms with Crippen LogP contribution in [-0.4, -0.2) is 78.3 Å². The van der Waals surface area contributed by atoms with Crippen molar-refractivity contribution in [3.05, 3.63) is 108 Å². The quantitative estimate of drug-likeness (QED) is 0.0876. The summed E-state index contributed by atoms with van der Waals surface area (Å²) in [5, 5.41) is 46.4. The highest BCUT2D eigenvalue weighted by atomic mass is 16.4. The maximum atomic E-state index is 13.8. The summed E-state index contributed by atoms with van der Waals surface area (Å²) in [4.78, 5) is 59.4. The highest BCUT2D eigenvalue weighted by Crippen LogP contribution is 2.15. The van der Waals surface area contributed by atoms with Crippen LogP contribution in [0.25, 0.3) is 0 Å². The molecular weight excluding hydrogens is 608 g/mol. The third-order valence-corrected chi connectivity index (χ3v) is 7.34. The van der Waals surface area contributed by atoms with Gasteiger partial charge in [0.05, 0.1) is 12.4 Å². The number of amides is 3. The predicted molar refractivity (Wildman–Crippen MR) is 169 cm³/mol. The minimum absolute atomic E-state index is 0.00209. The molecule has 14 nitrogen and oxygen atoms in total. The fourth-order valence-electron chi connectivity index (χ4n) is 4.77. The van der Waals surface area contributed by atoms with Crippen LogP contribution in [0.1, 0.15) is 22.4 Å². The number of hydrogen-bond acceptors (Lipinski definition) is 9. The molecule has 0 fully saturated rings. The van der Waals surface area contributed by atoms with Crippen LogP contribution in [0.2, 0.25) is 0 Å². The molecule has 4 rings (SSSR count). The lowest BCUT2D eigenvalue weighted by Gasteiger charge is -2.25. The Bertz CT molecular complexity index is 1640. The Hall–Kier alpha value is -5.89. The molecule has 0 spiro atoms. The van der Waals surface area contributed by atoms with Gasteiger partial charge in [-0.3, -0.25) is 14.4 Å². The Morgan fingerprint density at radius 1 is 0.617 bits per heavy atom. The van der Waals surface area contributed by atoms with Crippen molar-refractivity contribution in [3.63, 3.8) is 0 Å². The molecule has 3 aromatic carbocycles. The number of carboxylic acids is 1. The van der Waals surface area contributed by atoms with Gasteiger partial charge in [0.15, 0.2) is 0 Å². The van der Waals surface area contributed by atoms with Gasteiger partial charge in [0.25, 0.3) is 0 Å². The fraction of sp³-hybridized carbons (Fsp3) is 0.242. The first kappa shape index (κ1) is 34.0. The second-order valence-corrected chi connectivity index (χ2v) is 11.0. The number of imidazole rings is 1. The van der Waals surface area contributed by atoms with E-state index < -0.39 is 47.9 Å². The number of nitrogens with zero attached hydrogens (tertiary/aromatic N) is 1. The van der Waals surface area contributed by atoms with Crippen molar-refractivity contribution in [1.82, 2.24) is 25.9 Å². The Kier molecular flexibility index (Phi) is 11.5. The number of nitrogens with one attached hydrogen (secondary N) is 4. The fourth-order valence-corrected chi connectivity index (χ4v) is 4.77. The van der Waals surface area contributed by atoms with Crippen molar-refractivity contribution >= 4 is 23.7 Å². The third kappa shape index (κ3) is 10.3. The van der Waals surface area contributed by atoms with Crippen LogP contribution in [0.5, 0.6) is 17.2 Å². The van der Waals surface area contributed by atoms with Gasteiger partial charge in [0.1, 0.15) is 35.4 Å². The van der Waals surface area contributed by atoms with E-state index in [-0.39, 0.29) is 42.9 Å². The van der Waals surface area contributed by atoms with Crippen molar-refractivity contribution in [2.75, 3.05) is 0 Å². The van der Waals surface area contributed by atoms with Gasteiger partial charge in [-0.1, -0.05) is 36.4 Å². The summed E-state index contributed by atoms with van der Waals surface area (Å²) in [5.41, 5.74) is 8.45. The van der Waals surface area contributed by atoms with E-state index in [0.717, 1.165) is 0 Å². The van der Waals surface area contributed by atoms with E-state index in [1.54, 1.807) is 24.3 Å². The van der Waals surface area contributed by atoms with Gasteiger partial charge < -0.3 is 47.1 Å². The van der Waals surface area contributed by atoms with Crippen LogP contribution in [0.15, 0.2) is 85.3 Å². The van der Waals surface area contributed by atoms with Crippen LogP contribution in [0.4, 0.5) is 0 Å². The van der Waals surface area contributed by atoms with Crippen LogP contribution in [0.3, 0.4) is 0 Å². The molecule has 0 unspecified atom stereocenters. The Morgan fingerprint density at radius 2 is 1.02 bits per heavy atom. The lowest BCUT2D eigenvalue weighted by Crippen LogP contribution is -2.58. The Morgan fingerprint density at radius 3 is 1.47 bits per heavy atom. The number of carbonyl (C=O) groups excluding carboxylic acids is 3. The Balaban J connectivity index is 1.53. The van der Waals surface area contributed by atoms with E-state index in [2.05, 4.69) is 25.9 Å². The number of nitrogens with two attached hydrogens (primary N) is 1. The molecule has 0 saturated heterocycles. The molecular formula is C33H36N6O8. The molecule has 0 aliphatic heterocycles. The van der Waals surface area contributed by atoms with Gasteiger partial charge in [0, 0.05) is 31.2 Å². The first-order valence-corrected chi connectivity index (χ1v) is 14.7. The lowest BCUT2D eigenvalue weighted by molar-refractivity contribution is -0.142. The van der Waals surface area contributed by atoms with Crippen LogP contribution in [0, 0.1) is 0 Å². The van der Waals surface area contributed by atoms with E-state index in [4.69, 9.17) is 5.73 Å². The van der Waals surface area contributed by atoms with Crippen molar-refractivity contribution in [3.8, 4) is 17.2 Å². The number of hydrogen-bond donors (Lipinski definition) is 9. The van der Waals surface area contributed by atoms with E-state index in [1.165, 1.54) is 61.1 Å². The minimum atomic E-state index is -1.36. The van der Waals surface area contributed by atoms with Gasteiger partial charge in [-0.25, -0.2) is 9.78 Å². The number of aromatic hydroxyl groups is 3. The third-order valence-electron chi connectivity index (χ3n) is 7.34.